The molecule has 3 aromatic rings. The molecule has 2 aliphatic heterocycles. The maximum Gasteiger partial charge on any atom is 0.260 e. The molecule has 0 aliphatic carbocycles. The second kappa shape index (κ2) is 8.52. The molecule has 11 heteroatoms. The van der Waals surface area contributed by atoms with E-state index in [1.165, 1.54) is 4.68 Å². The van der Waals surface area contributed by atoms with Crippen molar-refractivity contribution in [1.29, 1.82) is 0 Å². The maximum absolute atomic E-state index is 13.3. The van der Waals surface area contributed by atoms with Gasteiger partial charge < -0.3 is 24.2 Å². The highest BCUT2D eigenvalue weighted by Crippen LogP contribution is 2.31. The van der Waals surface area contributed by atoms with Gasteiger partial charge in [0.15, 0.2) is 5.76 Å². The fourth-order valence-corrected chi connectivity index (χ4v) is 3.93. The number of aliphatic hydroxyl groups is 1. The minimum absolute atomic E-state index is 0.0197. The number of benzene rings is 1. The van der Waals surface area contributed by atoms with Crippen LogP contribution in [0.1, 0.15) is 21.8 Å². The van der Waals surface area contributed by atoms with Gasteiger partial charge in [0.05, 0.1) is 31.7 Å². The summed E-state index contributed by atoms with van der Waals surface area (Å²) in [6.45, 7) is 2.33. The van der Waals surface area contributed by atoms with Crippen LogP contribution in [0.25, 0.3) is 16.9 Å². The van der Waals surface area contributed by atoms with E-state index >= 15 is 0 Å². The van der Waals surface area contributed by atoms with Crippen molar-refractivity contribution < 1.29 is 24.0 Å². The molecule has 2 aliphatic rings. The van der Waals surface area contributed by atoms with Crippen LogP contribution in [0, 0.1) is 0 Å². The van der Waals surface area contributed by atoms with Crippen molar-refractivity contribution in [2.45, 2.75) is 13.0 Å². The zero-order valence-corrected chi connectivity index (χ0v) is 17.3. The lowest BCUT2D eigenvalue weighted by Gasteiger charge is -2.31. The largest absolute Gasteiger partial charge is 0.390 e. The highest BCUT2D eigenvalue weighted by atomic mass is 16.5. The van der Waals surface area contributed by atoms with Crippen LogP contribution in [0.15, 0.2) is 35.0 Å². The van der Waals surface area contributed by atoms with E-state index in [1.54, 1.807) is 16.0 Å². The smallest absolute Gasteiger partial charge is 0.260 e. The Kier molecular flexibility index (Phi) is 5.41. The molecule has 1 saturated heterocycles. The minimum atomic E-state index is -0.266. The summed E-state index contributed by atoms with van der Waals surface area (Å²) in [5.74, 6) is 0.169. The molecule has 0 spiro atoms. The zero-order chi connectivity index (χ0) is 22.1. The van der Waals surface area contributed by atoms with Gasteiger partial charge in [0.25, 0.3) is 5.91 Å². The number of hydrogen-bond acceptors (Lipinski definition) is 8. The van der Waals surface area contributed by atoms with Gasteiger partial charge in [-0.05, 0) is 12.1 Å². The molecular formula is C21H22N6O5. The Morgan fingerprint density at radius 2 is 2.03 bits per heavy atom. The molecule has 0 saturated carbocycles. The molecule has 0 unspecified atom stereocenters. The van der Waals surface area contributed by atoms with Gasteiger partial charge in [0.1, 0.15) is 23.5 Å². The molecule has 2 aromatic heterocycles. The minimum Gasteiger partial charge on any atom is -0.390 e. The number of nitrogens with zero attached hydrogens (tertiary/aromatic N) is 6. The summed E-state index contributed by atoms with van der Waals surface area (Å²) in [4.78, 5) is 29.2. The molecule has 11 nitrogen and oxygen atoms in total. The van der Waals surface area contributed by atoms with Gasteiger partial charge in [-0.15, -0.1) is 5.10 Å². The van der Waals surface area contributed by atoms with Crippen LogP contribution in [-0.2, 0) is 22.6 Å². The SMILES string of the molecule is O=C(CN1CCc2onc(-c3cccc(-n4cc(CO)nn4)c3)c2C1=O)N1CCOCC1. The van der Waals surface area contributed by atoms with Gasteiger partial charge in [0.2, 0.25) is 5.91 Å². The fourth-order valence-electron chi connectivity index (χ4n) is 3.93. The average Bonchev–Trinajstić information content (AvgIpc) is 3.49. The normalized spacial score (nSPS) is 16.3. The number of morpholine rings is 1. The summed E-state index contributed by atoms with van der Waals surface area (Å²) >= 11 is 0. The van der Waals surface area contributed by atoms with Gasteiger partial charge in [-0.1, -0.05) is 22.5 Å². The van der Waals surface area contributed by atoms with E-state index in [4.69, 9.17) is 9.26 Å². The van der Waals surface area contributed by atoms with Gasteiger partial charge in [-0.25, -0.2) is 4.68 Å². The lowest BCUT2D eigenvalue weighted by atomic mass is 10.00. The van der Waals surface area contributed by atoms with Crippen molar-refractivity contribution in [2.24, 2.45) is 0 Å². The summed E-state index contributed by atoms with van der Waals surface area (Å²) in [7, 11) is 0. The third-order valence-electron chi connectivity index (χ3n) is 5.65. The van der Waals surface area contributed by atoms with Crippen molar-refractivity contribution in [2.75, 3.05) is 39.4 Å². The van der Waals surface area contributed by atoms with E-state index < -0.39 is 0 Å². The number of ether oxygens (including phenoxy) is 1. The highest BCUT2D eigenvalue weighted by molar-refractivity contribution is 6.03. The van der Waals surface area contributed by atoms with Gasteiger partial charge in [-0.3, -0.25) is 9.59 Å². The van der Waals surface area contributed by atoms with Crippen molar-refractivity contribution in [3.63, 3.8) is 0 Å². The van der Waals surface area contributed by atoms with Gasteiger partial charge in [0, 0.05) is 31.6 Å². The molecule has 4 heterocycles. The molecule has 1 fully saturated rings. The molecule has 1 N–H and O–H groups in total. The molecule has 1 aromatic carbocycles. The number of rotatable bonds is 5. The first-order valence-corrected chi connectivity index (χ1v) is 10.4. The second-order valence-electron chi connectivity index (χ2n) is 7.66. The third-order valence-corrected chi connectivity index (χ3v) is 5.65. The Bertz CT molecular complexity index is 1150. The Morgan fingerprint density at radius 3 is 2.81 bits per heavy atom. The van der Waals surface area contributed by atoms with Crippen LogP contribution in [0.3, 0.4) is 0 Å². The Labute approximate surface area is 183 Å². The van der Waals surface area contributed by atoms with E-state index in [9.17, 15) is 14.7 Å². The summed E-state index contributed by atoms with van der Waals surface area (Å²) in [5, 5.41) is 21.3. The van der Waals surface area contributed by atoms with Crippen LogP contribution in [0.4, 0.5) is 0 Å². The standard InChI is InChI=1S/C21H22N6O5/c28-13-15-11-27(24-22-15)16-3-1-2-14(10-16)20-19-17(32-23-20)4-5-26(21(19)30)12-18(29)25-6-8-31-9-7-25/h1-3,10-11,28H,4-9,12-13H2. The van der Waals surface area contributed by atoms with E-state index in [0.717, 1.165) is 0 Å². The van der Waals surface area contributed by atoms with E-state index in [1.807, 2.05) is 24.3 Å². The molecule has 32 heavy (non-hydrogen) atoms. The molecule has 0 radical (unpaired) electrons. The molecule has 2 amide bonds. The second-order valence-corrected chi connectivity index (χ2v) is 7.66. The number of carbonyl (C=O) groups excluding carboxylic acids is 2. The summed E-state index contributed by atoms with van der Waals surface area (Å²) < 4.78 is 12.3. The monoisotopic (exact) mass is 438 g/mol. The van der Waals surface area contributed by atoms with Gasteiger partial charge >= 0.3 is 0 Å². The van der Waals surface area contributed by atoms with E-state index in [2.05, 4.69) is 15.5 Å². The van der Waals surface area contributed by atoms with Crippen molar-refractivity contribution in [1.82, 2.24) is 30.0 Å². The summed E-state index contributed by atoms with van der Waals surface area (Å²) in [6, 6.07) is 7.30. The zero-order valence-electron chi connectivity index (χ0n) is 17.3. The Hall–Kier alpha value is -3.57. The predicted octanol–water partition coefficient (Wildman–Crippen LogP) is 0.272. The Balaban J connectivity index is 1.40. The van der Waals surface area contributed by atoms with Crippen LogP contribution < -0.4 is 0 Å². The third kappa shape index (κ3) is 3.76. The van der Waals surface area contributed by atoms with Crippen LogP contribution in [-0.4, -0.2) is 86.3 Å². The molecule has 0 atom stereocenters. The first-order chi connectivity index (χ1) is 15.6. The van der Waals surface area contributed by atoms with E-state index in [0.29, 0.717) is 73.2 Å². The van der Waals surface area contributed by atoms with Gasteiger partial charge in [-0.2, -0.15) is 0 Å². The van der Waals surface area contributed by atoms with Crippen LogP contribution >= 0.6 is 0 Å². The Morgan fingerprint density at radius 1 is 1.19 bits per heavy atom. The lowest BCUT2D eigenvalue weighted by molar-refractivity contribution is -0.136. The predicted molar refractivity (Wildman–Crippen MR) is 110 cm³/mol. The number of carbonyl (C=O) groups is 2. The first kappa shape index (κ1) is 20.3. The summed E-state index contributed by atoms with van der Waals surface area (Å²) in [6.07, 6.45) is 2.12. The number of aliphatic hydroxyl groups excluding tert-OH is 1. The van der Waals surface area contributed by atoms with Crippen LogP contribution in [0.2, 0.25) is 0 Å². The fraction of sp³-hybridized carbons (Fsp3) is 0.381. The first-order valence-electron chi connectivity index (χ1n) is 10.4. The van der Waals surface area contributed by atoms with Crippen molar-refractivity contribution >= 4 is 11.8 Å². The quantitative estimate of drug-likeness (QED) is 0.602. The highest BCUT2D eigenvalue weighted by Gasteiger charge is 2.34. The number of amides is 2. The number of hydrogen-bond donors (Lipinski definition) is 1. The van der Waals surface area contributed by atoms with Crippen molar-refractivity contribution in [3.05, 3.63) is 47.5 Å². The maximum atomic E-state index is 13.3. The van der Waals surface area contributed by atoms with Crippen LogP contribution in [0.5, 0.6) is 0 Å². The average molecular weight is 438 g/mol. The summed E-state index contributed by atoms with van der Waals surface area (Å²) in [5.41, 5.74) is 2.65. The number of aromatic nitrogens is 4. The van der Waals surface area contributed by atoms with Crippen molar-refractivity contribution in [3.8, 4) is 16.9 Å². The van der Waals surface area contributed by atoms with E-state index in [-0.39, 0.29) is 25.0 Å². The molecule has 166 valence electrons. The lowest BCUT2D eigenvalue weighted by Crippen LogP contribution is -2.48. The molecule has 5 rings (SSSR count). The molecule has 0 bridgehead atoms. The number of fused-ring (bicyclic) bond motifs is 1. The molecular weight excluding hydrogens is 416 g/mol. The topological polar surface area (TPSA) is 127 Å².